The molecule has 2 aromatic carbocycles. The third-order valence-corrected chi connectivity index (χ3v) is 3.11. The van der Waals surface area contributed by atoms with E-state index in [-0.39, 0.29) is 10.8 Å². The van der Waals surface area contributed by atoms with Crippen LogP contribution in [0.25, 0.3) is 10.8 Å². The largest absolute Gasteiger partial charge is 0.478 e. The summed E-state index contributed by atoms with van der Waals surface area (Å²) < 4.78 is 0. The van der Waals surface area contributed by atoms with Crippen molar-refractivity contribution >= 4 is 40.0 Å². The molecule has 0 unspecified atom stereocenters. The third-order valence-electron chi connectivity index (χ3n) is 2.74. The van der Waals surface area contributed by atoms with Crippen LogP contribution in [-0.2, 0) is 0 Å². The van der Waals surface area contributed by atoms with Crippen molar-refractivity contribution in [2.24, 2.45) is 0 Å². The van der Waals surface area contributed by atoms with Crippen LogP contribution in [0.15, 0.2) is 24.3 Å². The normalized spacial score (nSPS) is 10.4. The lowest BCUT2D eigenvalue weighted by Gasteiger charge is -2.09. The van der Waals surface area contributed by atoms with E-state index in [1.165, 1.54) is 24.3 Å². The van der Waals surface area contributed by atoms with Gasteiger partial charge < -0.3 is 10.2 Å². The molecule has 0 spiro atoms. The van der Waals surface area contributed by atoms with E-state index in [4.69, 9.17) is 16.7 Å². The number of hydrogen-bond donors (Lipinski definition) is 2. The standard InChI is InChI=1S/C12H6ClNO6/c13-9-8(12(17)18)7(11(15)16)5-3-1-2-4-6(5)10(9)14(19)20/h1-4H,(H,15,16)(H,17,18). The smallest absolute Gasteiger partial charge is 0.338 e. The highest BCUT2D eigenvalue weighted by atomic mass is 35.5. The highest BCUT2D eigenvalue weighted by Gasteiger charge is 2.31. The van der Waals surface area contributed by atoms with E-state index in [9.17, 15) is 24.8 Å². The van der Waals surface area contributed by atoms with Crippen LogP contribution in [0.2, 0.25) is 5.02 Å². The molecule has 0 bridgehead atoms. The molecule has 0 saturated heterocycles. The Labute approximate surface area is 116 Å². The Hall–Kier alpha value is -2.67. The first-order chi connectivity index (χ1) is 9.36. The molecule has 102 valence electrons. The highest BCUT2D eigenvalue weighted by Crippen LogP contribution is 2.39. The number of carbonyl (C=O) groups is 2. The molecule has 0 aromatic heterocycles. The average molecular weight is 296 g/mol. The Kier molecular flexibility index (Phi) is 3.29. The van der Waals surface area contributed by atoms with Crippen molar-refractivity contribution in [3.05, 3.63) is 50.5 Å². The van der Waals surface area contributed by atoms with Crippen molar-refractivity contribution < 1.29 is 24.7 Å². The number of nitro benzene ring substituents is 1. The summed E-state index contributed by atoms with van der Waals surface area (Å²) >= 11 is 5.74. The minimum absolute atomic E-state index is 0.0232. The van der Waals surface area contributed by atoms with Gasteiger partial charge in [-0.1, -0.05) is 29.8 Å². The molecule has 0 fully saturated rings. The molecule has 2 N–H and O–H groups in total. The van der Waals surface area contributed by atoms with Gasteiger partial charge in [0.15, 0.2) is 0 Å². The molecule has 8 heteroatoms. The molecule has 0 aliphatic heterocycles. The number of hydrogen-bond acceptors (Lipinski definition) is 4. The van der Waals surface area contributed by atoms with E-state index in [1.54, 1.807) is 0 Å². The van der Waals surface area contributed by atoms with Gasteiger partial charge in [0, 0.05) is 5.39 Å². The average Bonchev–Trinajstić information content (AvgIpc) is 2.35. The number of carboxylic acid groups (broad SMARTS) is 2. The van der Waals surface area contributed by atoms with Crippen LogP contribution in [0.5, 0.6) is 0 Å². The fraction of sp³-hybridized carbons (Fsp3) is 0. The molecule has 2 aromatic rings. The zero-order valence-corrected chi connectivity index (χ0v) is 10.4. The summed E-state index contributed by atoms with van der Waals surface area (Å²) in [5, 5.41) is 28.6. The summed E-state index contributed by atoms with van der Waals surface area (Å²) in [6.45, 7) is 0. The Morgan fingerprint density at radius 3 is 2.00 bits per heavy atom. The van der Waals surface area contributed by atoms with Gasteiger partial charge in [0.25, 0.3) is 5.69 Å². The highest BCUT2D eigenvalue weighted by molar-refractivity contribution is 6.38. The predicted molar refractivity (Wildman–Crippen MR) is 69.5 cm³/mol. The second kappa shape index (κ2) is 4.78. The summed E-state index contributed by atoms with van der Waals surface area (Å²) in [6, 6.07) is 5.54. The quantitative estimate of drug-likeness (QED) is 0.664. The van der Waals surface area contributed by atoms with E-state index in [2.05, 4.69) is 0 Å². The molecule has 0 saturated carbocycles. The summed E-state index contributed by atoms with van der Waals surface area (Å²) in [5.41, 5.74) is -1.97. The van der Waals surface area contributed by atoms with Crippen molar-refractivity contribution in [3.63, 3.8) is 0 Å². The van der Waals surface area contributed by atoms with Crippen molar-refractivity contribution in [2.45, 2.75) is 0 Å². The lowest BCUT2D eigenvalue weighted by Crippen LogP contribution is -2.11. The van der Waals surface area contributed by atoms with Crippen molar-refractivity contribution in [2.75, 3.05) is 0 Å². The van der Waals surface area contributed by atoms with Gasteiger partial charge >= 0.3 is 11.9 Å². The van der Waals surface area contributed by atoms with Crippen LogP contribution in [0.3, 0.4) is 0 Å². The fourth-order valence-corrected chi connectivity index (χ4v) is 2.34. The second-order valence-corrected chi connectivity index (χ2v) is 4.20. The first-order valence-electron chi connectivity index (χ1n) is 5.21. The van der Waals surface area contributed by atoms with Gasteiger partial charge in [-0.2, -0.15) is 0 Å². The van der Waals surface area contributed by atoms with Crippen LogP contribution >= 0.6 is 11.6 Å². The zero-order valence-electron chi connectivity index (χ0n) is 9.66. The van der Waals surface area contributed by atoms with Crippen molar-refractivity contribution in [1.29, 1.82) is 0 Å². The van der Waals surface area contributed by atoms with Gasteiger partial charge in [0.1, 0.15) is 10.6 Å². The Morgan fingerprint density at radius 1 is 1.05 bits per heavy atom. The number of nitrogens with zero attached hydrogens (tertiary/aromatic N) is 1. The SMILES string of the molecule is O=C(O)c1c(Cl)c([N+](=O)[O-])c2ccccc2c1C(=O)O. The summed E-state index contributed by atoms with van der Waals surface area (Å²) in [7, 11) is 0. The molecule has 0 radical (unpaired) electrons. The molecule has 0 heterocycles. The maximum atomic E-state index is 11.3. The molecule has 20 heavy (non-hydrogen) atoms. The molecule has 0 aliphatic rings. The van der Waals surface area contributed by atoms with Gasteiger partial charge in [-0.15, -0.1) is 0 Å². The van der Waals surface area contributed by atoms with Crippen LogP contribution in [0.4, 0.5) is 5.69 Å². The molecule has 0 atom stereocenters. The van der Waals surface area contributed by atoms with Gasteiger partial charge in [-0.05, 0) is 6.07 Å². The van der Waals surface area contributed by atoms with Gasteiger partial charge in [0.05, 0.1) is 15.9 Å². The maximum Gasteiger partial charge on any atom is 0.338 e. The van der Waals surface area contributed by atoms with E-state index < -0.39 is 38.7 Å². The Bertz CT molecular complexity index is 770. The molecular formula is C12H6ClNO6. The topological polar surface area (TPSA) is 118 Å². The minimum atomic E-state index is -1.64. The Balaban J connectivity index is 3.14. The number of halogens is 1. The minimum Gasteiger partial charge on any atom is -0.478 e. The summed E-state index contributed by atoms with van der Waals surface area (Å²) in [4.78, 5) is 32.7. The van der Waals surface area contributed by atoms with Crippen molar-refractivity contribution in [1.82, 2.24) is 0 Å². The lowest BCUT2D eigenvalue weighted by atomic mass is 9.97. The lowest BCUT2D eigenvalue weighted by molar-refractivity contribution is -0.382. The number of carboxylic acids is 2. The monoisotopic (exact) mass is 295 g/mol. The molecule has 7 nitrogen and oxygen atoms in total. The molecule has 2 rings (SSSR count). The molecule has 0 aliphatic carbocycles. The van der Waals surface area contributed by atoms with Crippen LogP contribution in [-0.4, -0.2) is 27.1 Å². The van der Waals surface area contributed by atoms with E-state index in [1.807, 2.05) is 0 Å². The number of rotatable bonds is 3. The first kappa shape index (κ1) is 13.8. The molecule has 0 amide bonds. The van der Waals surface area contributed by atoms with Crippen molar-refractivity contribution in [3.8, 4) is 0 Å². The predicted octanol–water partition coefficient (Wildman–Crippen LogP) is 2.80. The zero-order chi connectivity index (χ0) is 15.0. The fourth-order valence-electron chi connectivity index (χ4n) is 1.99. The summed E-state index contributed by atoms with van der Waals surface area (Å²) in [6.07, 6.45) is 0. The molecular weight excluding hydrogens is 290 g/mol. The second-order valence-electron chi connectivity index (χ2n) is 3.83. The van der Waals surface area contributed by atoms with Crippen LogP contribution in [0, 0.1) is 10.1 Å². The van der Waals surface area contributed by atoms with Gasteiger partial charge in [-0.25, -0.2) is 9.59 Å². The van der Waals surface area contributed by atoms with E-state index in [0.717, 1.165) is 0 Å². The number of benzene rings is 2. The third kappa shape index (κ3) is 1.94. The number of aromatic carboxylic acids is 2. The Morgan fingerprint density at radius 2 is 1.55 bits per heavy atom. The summed E-state index contributed by atoms with van der Waals surface area (Å²) in [5.74, 6) is -3.16. The van der Waals surface area contributed by atoms with Crippen LogP contribution < -0.4 is 0 Å². The van der Waals surface area contributed by atoms with E-state index >= 15 is 0 Å². The van der Waals surface area contributed by atoms with E-state index in [0.29, 0.717) is 0 Å². The number of nitro groups is 1. The van der Waals surface area contributed by atoms with Gasteiger partial charge in [0.2, 0.25) is 0 Å². The van der Waals surface area contributed by atoms with Crippen LogP contribution in [0.1, 0.15) is 20.7 Å². The first-order valence-corrected chi connectivity index (χ1v) is 5.59. The maximum absolute atomic E-state index is 11.3. The van der Waals surface area contributed by atoms with Gasteiger partial charge in [-0.3, -0.25) is 10.1 Å². The number of fused-ring (bicyclic) bond motifs is 1.